The predicted octanol–water partition coefficient (Wildman–Crippen LogP) is 4.33. The van der Waals surface area contributed by atoms with Crippen LogP contribution in [0.4, 0.5) is 23.2 Å². The van der Waals surface area contributed by atoms with E-state index in [-0.39, 0.29) is 12.2 Å². The van der Waals surface area contributed by atoms with E-state index in [1.807, 2.05) is 6.07 Å². The highest BCUT2D eigenvalue weighted by molar-refractivity contribution is 5.48. The average molecular weight is 294 g/mol. The van der Waals surface area contributed by atoms with Crippen molar-refractivity contribution < 1.29 is 17.6 Å². The van der Waals surface area contributed by atoms with Gasteiger partial charge in [-0.05, 0) is 35.9 Å². The number of anilines is 1. The fraction of sp³-hybridized carbons (Fsp3) is 0.133. The number of rotatable bonds is 3. The van der Waals surface area contributed by atoms with Crippen LogP contribution in [-0.4, -0.2) is 0 Å². The van der Waals surface area contributed by atoms with Gasteiger partial charge in [-0.3, -0.25) is 0 Å². The monoisotopic (exact) mass is 294 g/mol. The molecule has 0 heterocycles. The number of nitrogens with one attached hydrogen (secondary N) is 1. The first-order chi connectivity index (χ1) is 9.90. The van der Waals surface area contributed by atoms with Gasteiger partial charge in [0.15, 0.2) is 0 Å². The van der Waals surface area contributed by atoms with Gasteiger partial charge in [0.25, 0.3) is 0 Å². The molecular weight excluding hydrogens is 284 g/mol. The van der Waals surface area contributed by atoms with Crippen molar-refractivity contribution in [1.82, 2.24) is 0 Å². The Morgan fingerprint density at radius 1 is 1.10 bits per heavy atom. The van der Waals surface area contributed by atoms with E-state index in [9.17, 15) is 17.6 Å². The molecule has 0 fully saturated rings. The molecule has 21 heavy (non-hydrogen) atoms. The van der Waals surface area contributed by atoms with Crippen molar-refractivity contribution in [2.24, 2.45) is 0 Å². The Labute approximate surface area is 118 Å². The minimum atomic E-state index is -4.52. The Bertz CT molecular complexity index is 687. The molecule has 2 nitrogen and oxygen atoms in total. The topological polar surface area (TPSA) is 35.8 Å². The summed E-state index contributed by atoms with van der Waals surface area (Å²) in [7, 11) is 0. The molecule has 0 saturated heterocycles. The Balaban J connectivity index is 2.18. The lowest BCUT2D eigenvalue weighted by molar-refractivity contribution is -0.137. The third-order valence-electron chi connectivity index (χ3n) is 2.83. The van der Waals surface area contributed by atoms with Crippen LogP contribution in [0.2, 0.25) is 0 Å². The van der Waals surface area contributed by atoms with Crippen LogP contribution in [0.1, 0.15) is 16.7 Å². The fourth-order valence-corrected chi connectivity index (χ4v) is 1.79. The van der Waals surface area contributed by atoms with Gasteiger partial charge in [0.2, 0.25) is 0 Å². The van der Waals surface area contributed by atoms with Gasteiger partial charge < -0.3 is 5.32 Å². The van der Waals surface area contributed by atoms with Crippen LogP contribution >= 0.6 is 0 Å². The Kier molecular flexibility index (Phi) is 4.13. The molecule has 2 aromatic carbocycles. The van der Waals surface area contributed by atoms with Gasteiger partial charge in [-0.2, -0.15) is 18.4 Å². The molecule has 2 aromatic rings. The van der Waals surface area contributed by atoms with Gasteiger partial charge in [0.1, 0.15) is 5.82 Å². The number of nitrogens with zero attached hydrogens (tertiary/aromatic N) is 1. The van der Waals surface area contributed by atoms with Crippen molar-refractivity contribution in [3.63, 3.8) is 0 Å². The van der Waals surface area contributed by atoms with E-state index in [0.29, 0.717) is 17.2 Å². The van der Waals surface area contributed by atoms with Crippen molar-refractivity contribution in [2.75, 3.05) is 5.32 Å². The molecule has 0 spiro atoms. The largest absolute Gasteiger partial charge is 0.416 e. The quantitative estimate of drug-likeness (QED) is 0.855. The van der Waals surface area contributed by atoms with Gasteiger partial charge in [-0.1, -0.05) is 12.1 Å². The Morgan fingerprint density at radius 2 is 1.86 bits per heavy atom. The van der Waals surface area contributed by atoms with E-state index >= 15 is 0 Å². The molecule has 1 N–H and O–H groups in total. The maximum atomic E-state index is 13.5. The summed E-state index contributed by atoms with van der Waals surface area (Å²) in [4.78, 5) is 0. The van der Waals surface area contributed by atoms with Crippen LogP contribution in [0.15, 0.2) is 42.5 Å². The van der Waals surface area contributed by atoms with Crippen molar-refractivity contribution in [3.8, 4) is 6.07 Å². The second kappa shape index (κ2) is 5.83. The molecule has 0 bridgehead atoms. The second-order valence-corrected chi connectivity index (χ2v) is 4.36. The Hall–Kier alpha value is -2.55. The van der Waals surface area contributed by atoms with Crippen LogP contribution < -0.4 is 5.32 Å². The van der Waals surface area contributed by atoms with Crippen molar-refractivity contribution in [3.05, 3.63) is 65.0 Å². The molecule has 0 atom stereocenters. The molecule has 0 radical (unpaired) electrons. The predicted molar refractivity (Wildman–Crippen MR) is 69.9 cm³/mol. The molecular formula is C15H10F4N2. The summed E-state index contributed by atoms with van der Waals surface area (Å²) in [5, 5.41) is 11.4. The summed E-state index contributed by atoms with van der Waals surface area (Å²) in [5.74, 6) is -0.764. The molecule has 0 amide bonds. The summed E-state index contributed by atoms with van der Waals surface area (Å²) in [6.45, 7) is 0.119. The normalized spacial score (nSPS) is 11.0. The van der Waals surface area contributed by atoms with E-state index < -0.39 is 17.6 Å². The third-order valence-corrected chi connectivity index (χ3v) is 2.83. The van der Waals surface area contributed by atoms with Gasteiger partial charge in [0, 0.05) is 6.54 Å². The first-order valence-electron chi connectivity index (χ1n) is 6.00. The van der Waals surface area contributed by atoms with E-state index in [2.05, 4.69) is 5.32 Å². The number of benzene rings is 2. The van der Waals surface area contributed by atoms with Gasteiger partial charge in [-0.15, -0.1) is 0 Å². The van der Waals surface area contributed by atoms with Crippen molar-refractivity contribution >= 4 is 5.69 Å². The number of alkyl halides is 3. The SMILES string of the molecule is N#Cc1cccc(CNc2cc(C(F)(F)F)ccc2F)c1. The molecule has 0 aliphatic carbocycles. The molecule has 6 heteroatoms. The summed E-state index contributed by atoms with van der Waals surface area (Å²) in [6.07, 6.45) is -4.52. The zero-order valence-electron chi connectivity index (χ0n) is 10.7. The standard InChI is InChI=1S/C15H10F4N2/c16-13-5-4-12(15(17,18)19)7-14(13)21-9-11-3-1-2-10(6-11)8-20/h1-7,21H,9H2. The van der Waals surface area contributed by atoms with Crippen LogP contribution in [0.5, 0.6) is 0 Å². The molecule has 108 valence electrons. The lowest BCUT2D eigenvalue weighted by Crippen LogP contribution is -2.08. The highest BCUT2D eigenvalue weighted by Crippen LogP contribution is 2.31. The highest BCUT2D eigenvalue weighted by Gasteiger charge is 2.31. The van der Waals surface area contributed by atoms with Crippen LogP contribution in [0.25, 0.3) is 0 Å². The Morgan fingerprint density at radius 3 is 2.52 bits per heavy atom. The molecule has 0 saturated carbocycles. The van der Waals surface area contributed by atoms with Crippen molar-refractivity contribution in [1.29, 1.82) is 5.26 Å². The first kappa shape index (κ1) is 14.9. The van der Waals surface area contributed by atoms with Crippen LogP contribution in [0, 0.1) is 17.1 Å². The lowest BCUT2D eigenvalue weighted by atomic mass is 10.1. The molecule has 0 aliphatic heterocycles. The second-order valence-electron chi connectivity index (χ2n) is 4.36. The molecule has 2 rings (SSSR count). The first-order valence-corrected chi connectivity index (χ1v) is 6.00. The van der Waals surface area contributed by atoms with E-state index in [1.165, 1.54) is 0 Å². The molecule has 0 aromatic heterocycles. The minimum absolute atomic E-state index is 0.119. The zero-order chi connectivity index (χ0) is 15.5. The van der Waals surface area contributed by atoms with Crippen LogP contribution in [0.3, 0.4) is 0 Å². The molecule has 0 unspecified atom stereocenters. The summed E-state index contributed by atoms with van der Waals surface area (Å²) in [5.41, 5.74) is -0.0472. The fourth-order valence-electron chi connectivity index (χ4n) is 1.79. The van der Waals surface area contributed by atoms with Gasteiger partial charge >= 0.3 is 6.18 Å². The zero-order valence-corrected chi connectivity index (χ0v) is 10.7. The summed E-state index contributed by atoms with van der Waals surface area (Å²) >= 11 is 0. The maximum Gasteiger partial charge on any atom is 0.416 e. The highest BCUT2D eigenvalue weighted by atomic mass is 19.4. The van der Waals surface area contributed by atoms with Crippen molar-refractivity contribution in [2.45, 2.75) is 12.7 Å². The number of hydrogen-bond donors (Lipinski definition) is 1. The van der Waals surface area contributed by atoms with E-state index in [1.54, 1.807) is 24.3 Å². The summed E-state index contributed by atoms with van der Waals surface area (Å²) < 4.78 is 51.2. The number of halogens is 4. The van der Waals surface area contributed by atoms with E-state index in [0.717, 1.165) is 12.1 Å². The maximum absolute atomic E-state index is 13.5. The van der Waals surface area contributed by atoms with Gasteiger partial charge in [-0.25, -0.2) is 4.39 Å². The number of nitriles is 1. The average Bonchev–Trinajstić information content (AvgIpc) is 2.45. The number of hydrogen-bond acceptors (Lipinski definition) is 2. The minimum Gasteiger partial charge on any atom is -0.379 e. The van der Waals surface area contributed by atoms with Gasteiger partial charge in [0.05, 0.1) is 22.9 Å². The molecule has 0 aliphatic rings. The lowest BCUT2D eigenvalue weighted by Gasteiger charge is -2.12. The third kappa shape index (κ3) is 3.72. The smallest absolute Gasteiger partial charge is 0.379 e. The summed E-state index contributed by atoms with van der Waals surface area (Å²) in [6, 6.07) is 10.7. The van der Waals surface area contributed by atoms with E-state index in [4.69, 9.17) is 5.26 Å². The van der Waals surface area contributed by atoms with Crippen LogP contribution in [-0.2, 0) is 12.7 Å².